The number of nitrogens with zero attached hydrogens (tertiary/aromatic N) is 1. The molecule has 1 aromatic heterocycles. The van der Waals surface area contributed by atoms with Crippen molar-refractivity contribution in [2.24, 2.45) is 5.92 Å². The van der Waals surface area contributed by atoms with Gasteiger partial charge in [0, 0.05) is 31.1 Å². The molecule has 0 saturated carbocycles. The summed E-state index contributed by atoms with van der Waals surface area (Å²) < 4.78 is 5.02. The topological polar surface area (TPSA) is 34.1 Å². The Labute approximate surface area is 95.9 Å². The van der Waals surface area contributed by atoms with E-state index in [1.165, 1.54) is 4.88 Å². The molecule has 0 unspecified atom stereocenters. The summed E-state index contributed by atoms with van der Waals surface area (Å²) in [5, 5.41) is 4.57. The number of rotatable bonds is 7. The molecule has 3 nitrogen and oxygen atoms in total. The molecule has 4 heteroatoms. The van der Waals surface area contributed by atoms with Crippen molar-refractivity contribution in [3.8, 4) is 0 Å². The molecule has 0 aliphatic carbocycles. The van der Waals surface area contributed by atoms with Gasteiger partial charge in [0.05, 0.1) is 11.6 Å². The van der Waals surface area contributed by atoms with Crippen LogP contribution in [0, 0.1) is 5.92 Å². The zero-order chi connectivity index (χ0) is 11.1. The van der Waals surface area contributed by atoms with E-state index in [0.29, 0.717) is 5.92 Å². The lowest BCUT2D eigenvalue weighted by Crippen LogP contribution is -2.18. The summed E-state index contributed by atoms with van der Waals surface area (Å²) >= 11 is 1.77. The van der Waals surface area contributed by atoms with E-state index in [2.05, 4.69) is 24.1 Å². The summed E-state index contributed by atoms with van der Waals surface area (Å²) in [6, 6.07) is 0. The van der Waals surface area contributed by atoms with Gasteiger partial charge in [-0.05, 0) is 12.5 Å². The van der Waals surface area contributed by atoms with Gasteiger partial charge in [-0.15, -0.1) is 11.3 Å². The fraction of sp³-hybridized carbons (Fsp3) is 0.727. The number of nitrogens with one attached hydrogen (secondary N) is 1. The molecule has 1 rings (SSSR count). The molecular formula is C11H20N2OS. The van der Waals surface area contributed by atoms with Gasteiger partial charge < -0.3 is 10.1 Å². The Bertz CT molecular complexity index is 273. The van der Waals surface area contributed by atoms with E-state index in [9.17, 15) is 0 Å². The van der Waals surface area contributed by atoms with Crippen LogP contribution in [0.5, 0.6) is 0 Å². The summed E-state index contributed by atoms with van der Waals surface area (Å²) in [5.74, 6) is 0.700. The Balaban J connectivity index is 2.26. The summed E-state index contributed by atoms with van der Waals surface area (Å²) in [6.07, 6.45) is 2.88. The predicted octanol–water partition coefficient (Wildman–Crippen LogP) is 2.08. The lowest BCUT2D eigenvalue weighted by Gasteiger charge is -2.04. The number of methoxy groups -OCH3 is 1. The van der Waals surface area contributed by atoms with Gasteiger partial charge in [-0.2, -0.15) is 0 Å². The van der Waals surface area contributed by atoms with Crippen LogP contribution < -0.4 is 5.32 Å². The zero-order valence-corrected chi connectivity index (χ0v) is 10.6. The summed E-state index contributed by atoms with van der Waals surface area (Å²) in [5.41, 5.74) is 0. The van der Waals surface area contributed by atoms with Crippen LogP contribution in [0.1, 0.15) is 23.7 Å². The second-order valence-electron chi connectivity index (χ2n) is 3.99. The highest BCUT2D eigenvalue weighted by atomic mass is 32.1. The van der Waals surface area contributed by atoms with E-state index >= 15 is 0 Å². The standard InChI is InChI=1S/C11H20N2OS/c1-9(2)6-12-7-10-8-13-11(15-10)4-5-14-3/h8-9,12H,4-7H2,1-3H3. The molecule has 0 fully saturated rings. The number of aromatic nitrogens is 1. The van der Waals surface area contributed by atoms with E-state index in [-0.39, 0.29) is 0 Å². The van der Waals surface area contributed by atoms with E-state index < -0.39 is 0 Å². The Hall–Kier alpha value is -0.450. The van der Waals surface area contributed by atoms with Crippen LogP contribution in [-0.4, -0.2) is 25.2 Å². The van der Waals surface area contributed by atoms with Crippen molar-refractivity contribution >= 4 is 11.3 Å². The van der Waals surface area contributed by atoms with Gasteiger partial charge in [-0.1, -0.05) is 13.8 Å². The van der Waals surface area contributed by atoms with E-state index in [0.717, 1.165) is 31.1 Å². The van der Waals surface area contributed by atoms with Crippen LogP contribution in [0.2, 0.25) is 0 Å². The molecule has 86 valence electrons. The van der Waals surface area contributed by atoms with Gasteiger partial charge in [-0.25, -0.2) is 4.98 Å². The number of hydrogen-bond donors (Lipinski definition) is 1. The Morgan fingerprint density at radius 3 is 3.00 bits per heavy atom. The van der Waals surface area contributed by atoms with Crippen LogP contribution >= 0.6 is 11.3 Å². The van der Waals surface area contributed by atoms with Crippen molar-refractivity contribution in [3.05, 3.63) is 16.1 Å². The third-order valence-electron chi connectivity index (χ3n) is 1.97. The highest BCUT2D eigenvalue weighted by molar-refractivity contribution is 7.11. The fourth-order valence-electron chi connectivity index (χ4n) is 1.22. The lowest BCUT2D eigenvalue weighted by molar-refractivity contribution is 0.202. The van der Waals surface area contributed by atoms with E-state index in [1.54, 1.807) is 18.4 Å². The fourth-order valence-corrected chi connectivity index (χ4v) is 2.09. The Morgan fingerprint density at radius 2 is 2.33 bits per heavy atom. The van der Waals surface area contributed by atoms with Crippen molar-refractivity contribution < 1.29 is 4.74 Å². The monoisotopic (exact) mass is 228 g/mol. The molecular weight excluding hydrogens is 208 g/mol. The van der Waals surface area contributed by atoms with Crippen molar-refractivity contribution in [1.82, 2.24) is 10.3 Å². The lowest BCUT2D eigenvalue weighted by atomic mass is 10.2. The third-order valence-corrected chi connectivity index (χ3v) is 3.03. The van der Waals surface area contributed by atoms with Crippen molar-refractivity contribution in [3.63, 3.8) is 0 Å². The third kappa shape index (κ3) is 5.25. The molecule has 1 aromatic rings. The van der Waals surface area contributed by atoms with Crippen LogP contribution in [0.15, 0.2) is 6.20 Å². The predicted molar refractivity (Wildman–Crippen MR) is 64.2 cm³/mol. The summed E-state index contributed by atoms with van der Waals surface area (Å²) in [4.78, 5) is 5.66. The molecule has 0 saturated heterocycles. The van der Waals surface area contributed by atoms with Crippen molar-refractivity contribution in [2.45, 2.75) is 26.8 Å². The highest BCUT2D eigenvalue weighted by Gasteiger charge is 2.01. The minimum atomic E-state index is 0.700. The molecule has 1 N–H and O–H groups in total. The van der Waals surface area contributed by atoms with Crippen LogP contribution in [0.3, 0.4) is 0 Å². The Kier molecular flexibility index (Phi) is 5.83. The first-order valence-corrected chi connectivity index (χ1v) is 6.17. The van der Waals surface area contributed by atoms with Gasteiger partial charge in [-0.3, -0.25) is 0 Å². The average molecular weight is 228 g/mol. The summed E-state index contributed by atoms with van der Waals surface area (Å²) in [6.45, 7) is 7.17. The molecule has 0 atom stereocenters. The minimum absolute atomic E-state index is 0.700. The molecule has 0 aliphatic heterocycles. The summed E-state index contributed by atoms with van der Waals surface area (Å²) in [7, 11) is 1.72. The molecule has 0 aromatic carbocycles. The zero-order valence-electron chi connectivity index (χ0n) is 9.75. The molecule has 0 aliphatic rings. The molecule has 0 spiro atoms. The highest BCUT2D eigenvalue weighted by Crippen LogP contribution is 2.13. The minimum Gasteiger partial charge on any atom is -0.384 e. The van der Waals surface area contributed by atoms with Gasteiger partial charge in [0.2, 0.25) is 0 Å². The normalized spacial score (nSPS) is 11.2. The van der Waals surface area contributed by atoms with Gasteiger partial charge in [0.25, 0.3) is 0 Å². The second-order valence-corrected chi connectivity index (χ2v) is 5.19. The van der Waals surface area contributed by atoms with Crippen LogP contribution in [0.4, 0.5) is 0 Å². The molecule has 0 radical (unpaired) electrons. The number of ether oxygens (including phenoxy) is 1. The molecule has 1 heterocycles. The van der Waals surface area contributed by atoms with Crippen LogP contribution in [-0.2, 0) is 17.7 Å². The van der Waals surface area contributed by atoms with E-state index in [1.807, 2.05) is 6.20 Å². The van der Waals surface area contributed by atoms with Crippen molar-refractivity contribution in [2.75, 3.05) is 20.3 Å². The maximum absolute atomic E-state index is 5.02. The first-order chi connectivity index (χ1) is 7.22. The molecule has 0 bridgehead atoms. The number of thiazole rings is 1. The largest absolute Gasteiger partial charge is 0.384 e. The first-order valence-electron chi connectivity index (χ1n) is 5.35. The van der Waals surface area contributed by atoms with Crippen LogP contribution in [0.25, 0.3) is 0 Å². The maximum Gasteiger partial charge on any atom is 0.0951 e. The van der Waals surface area contributed by atoms with Gasteiger partial charge >= 0.3 is 0 Å². The second kappa shape index (κ2) is 6.93. The van der Waals surface area contributed by atoms with E-state index in [4.69, 9.17) is 4.74 Å². The first kappa shape index (κ1) is 12.6. The van der Waals surface area contributed by atoms with Gasteiger partial charge in [0.1, 0.15) is 0 Å². The molecule has 15 heavy (non-hydrogen) atoms. The van der Waals surface area contributed by atoms with Crippen molar-refractivity contribution in [1.29, 1.82) is 0 Å². The maximum atomic E-state index is 5.02. The molecule has 0 amide bonds. The smallest absolute Gasteiger partial charge is 0.0951 e. The average Bonchev–Trinajstić information content (AvgIpc) is 2.62. The Morgan fingerprint density at radius 1 is 1.53 bits per heavy atom. The quantitative estimate of drug-likeness (QED) is 0.776. The van der Waals surface area contributed by atoms with Gasteiger partial charge in [0.15, 0.2) is 0 Å². The number of hydrogen-bond acceptors (Lipinski definition) is 4. The SMILES string of the molecule is COCCc1ncc(CNCC(C)C)s1.